The fraction of sp³-hybridized carbons (Fsp3) is 0.310. The third-order valence-electron chi connectivity index (χ3n) is 6.94. The standard InChI is InChI=1S/C29H28Cl2FN3O2/c1-16-12-23-25(29(2,3)4)20(15-33-35(23)27(16)19-13-17(32)14-21(30)26(19)31)28(36)34(5)22-10-11-37-24-9-7-6-8-18(22)24/h6-9,12-15,22H,10-11H2,1-5H3. The van der Waals surface area contributed by atoms with Crippen molar-refractivity contribution in [1.29, 1.82) is 0 Å². The van der Waals surface area contributed by atoms with Crippen LogP contribution in [0.5, 0.6) is 5.75 Å². The minimum atomic E-state index is -0.486. The van der Waals surface area contributed by atoms with E-state index in [-0.39, 0.29) is 22.0 Å². The fourth-order valence-electron chi connectivity index (χ4n) is 5.30. The van der Waals surface area contributed by atoms with Crippen LogP contribution in [0, 0.1) is 12.7 Å². The van der Waals surface area contributed by atoms with Crippen molar-refractivity contribution < 1.29 is 13.9 Å². The van der Waals surface area contributed by atoms with E-state index in [4.69, 9.17) is 27.9 Å². The normalized spacial score (nSPS) is 15.4. The Hall–Kier alpha value is -3.09. The van der Waals surface area contributed by atoms with Crippen LogP contribution in [-0.4, -0.2) is 34.1 Å². The lowest BCUT2D eigenvalue weighted by atomic mass is 9.83. The van der Waals surface area contributed by atoms with Gasteiger partial charge >= 0.3 is 0 Å². The minimum Gasteiger partial charge on any atom is -0.493 e. The fourth-order valence-corrected chi connectivity index (χ4v) is 5.70. The van der Waals surface area contributed by atoms with Crippen LogP contribution in [0.1, 0.15) is 60.3 Å². The van der Waals surface area contributed by atoms with E-state index in [1.807, 2.05) is 44.3 Å². The lowest BCUT2D eigenvalue weighted by Crippen LogP contribution is -2.36. The van der Waals surface area contributed by atoms with E-state index in [1.54, 1.807) is 15.6 Å². The number of hydrogen-bond donors (Lipinski definition) is 0. The van der Waals surface area contributed by atoms with Gasteiger partial charge in [-0.3, -0.25) is 4.79 Å². The Balaban J connectivity index is 1.67. The molecule has 0 saturated heterocycles. The summed E-state index contributed by atoms with van der Waals surface area (Å²) in [5, 5.41) is 5.05. The number of fused-ring (bicyclic) bond motifs is 2. The van der Waals surface area contributed by atoms with E-state index in [9.17, 15) is 9.18 Å². The van der Waals surface area contributed by atoms with Crippen LogP contribution in [0.3, 0.4) is 0 Å². The van der Waals surface area contributed by atoms with Crippen LogP contribution in [0.2, 0.25) is 10.0 Å². The van der Waals surface area contributed by atoms with E-state index >= 15 is 0 Å². The molecule has 2 aromatic carbocycles. The summed E-state index contributed by atoms with van der Waals surface area (Å²) >= 11 is 12.7. The predicted molar refractivity (Wildman–Crippen MR) is 145 cm³/mol. The van der Waals surface area contributed by atoms with Gasteiger partial charge in [-0.25, -0.2) is 8.91 Å². The molecule has 8 heteroatoms. The van der Waals surface area contributed by atoms with Gasteiger partial charge in [0.2, 0.25) is 0 Å². The van der Waals surface area contributed by atoms with E-state index in [0.29, 0.717) is 29.8 Å². The zero-order chi connectivity index (χ0) is 26.6. The lowest BCUT2D eigenvalue weighted by Gasteiger charge is -2.34. The van der Waals surface area contributed by atoms with Crippen molar-refractivity contribution >= 4 is 34.6 Å². The third kappa shape index (κ3) is 4.36. The van der Waals surface area contributed by atoms with Gasteiger partial charge in [0.05, 0.1) is 45.7 Å². The van der Waals surface area contributed by atoms with Crippen molar-refractivity contribution in [2.24, 2.45) is 0 Å². The van der Waals surface area contributed by atoms with Crippen LogP contribution < -0.4 is 4.74 Å². The highest BCUT2D eigenvalue weighted by atomic mass is 35.5. The van der Waals surface area contributed by atoms with Gasteiger partial charge in [-0.05, 0) is 47.7 Å². The molecule has 37 heavy (non-hydrogen) atoms. The van der Waals surface area contributed by atoms with Gasteiger partial charge in [-0.1, -0.05) is 62.2 Å². The Bertz CT molecular complexity index is 1540. The second-order valence-corrected chi connectivity index (χ2v) is 11.3. The summed E-state index contributed by atoms with van der Waals surface area (Å²) in [7, 11) is 1.83. The molecule has 1 aliphatic rings. The molecule has 192 valence electrons. The smallest absolute Gasteiger partial charge is 0.256 e. The maximum absolute atomic E-state index is 14.3. The molecule has 4 aromatic rings. The number of para-hydroxylation sites is 1. The molecule has 5 nitrogen and oxygen atoms in total. The van der Waals surface area contributed by atoms with Crippen LogP contribution in [0.25, 0.3) is 16.8 Å². The van der Waals surface area contributed by atoms with E-state index in [2.05, 4.69) is 25.9 Å². The number of hydrogen-bond acceptors (Lipinski definition) is 3. The van der Waals surface area contributed by atoms with Gasteiger partial charge in [-0.15, -0.1) is 0 Å². The number of halogens is 3. The summed E-state index contributed by atoms with van der Waals surface area (Å²) in [5.74, 6) is 0.203. The zero-order valence-electron chi connectivity index (χ0n) is 21.4. The van der Waals surface area contributed by atoms with Gasteiger partial charge < -0.3 is 9.64 Å². The zero-order valence-corrected chi connectivity index (χ0v) is 22.9. The first-order chi connectivity index (χ1) is 17.5. The molecule has 1 aliphatic heterocycles. The second kappa shape index (κ2) is 9.34. The van der Waals surface area contributed by atoms with Crippen molar-refractivity contribution in [3.63, 3.8) is 0 Å². The van der Waals surface area contributed by atoms with Crippen LogP contribution in [-0.2, 0) is 5.41 Å². The Morgan fingerprint density at radius 3 is 2.65 bits per heavy atom. The molecule has 0 spiro atoms. The first-order valence-electron chi connectivity index (χ1n) is 12.1. The minimum absolute atomic E-state index is 0.112. The Morgan fingerprint density at radius 2 is 1.92 bits per heavy atom. The van der Waals surface area contributed by atoms with Crippen molar-refractivity contribution in [2.75, 3.05) is 13.7 Å². The number of aromatic nitrogens is 2. The molecule has 0 fully saturated rings. The molecule has 1 atom stereocenters. The van der Waals surface area contributed by atoms with Crippen LogP contribution in [0.15, 0.2) is 48.7 Å². The van der Waals surface area contributed by atoms with Gasteiger partial charge in [0.25, 0.3) is 5.91 Å². The molecule has 5 rings (SSSR count). The number of carbonyl (C=O) groups is 1. The molecular formula is C29H28Cl2FN3O2. The first kappa shape index (κ1) is 25.6. The molecule has 1 amide bonds. The van der Waals surface area contributed by atoms with E-state index in [0.717, 1.165) is 28.0 Å². The number of carbonyl (C=O) groups excluding carboxylic acids is 1. The van der Waals surface area contributed by atoms with Crippen molar-refractivity contribution in [3.8, 4) is 17.0 Å². The Kier molecular flexibility index (Phi) is 6.45. The monoisotopic (exact) mass is 539 g/mol. The van der Waals surface area contributed by atoms with Crippen molar-refractivity contribution in [1.82, 2.24) is 14.5 Å². The van der Waals surface area contributed by atoms with Crippen molar-refractivity contribution in [3.05, 3.63) is 86.8 Å². The summed E-state index contributed by atoms with van der Waals surface area (Å²) in [6.07, 6.45) is 2.31. The van der Waals surface area contributed by atoms with E-state index < -0.39 is 11.2 Å². The summed E-state index contributed by atoms with van der Waals surface area (Å²) in [6.45, 7) is 8.66. The molecule has 0 radical (unpaired) electrons. The Labute approximate surface area is 225 Å². The summed E-state index contributed by atoms with van der Waals surface area (Å²) in [6, 6.07) is 12.2. The molecule has 3 heterocycles. The molecule has 0 aliphatic carbocycles. The Morgan fingerprint density at radius 1 is 1.19 bits per heavy atom. The SMILES string of the molecule is Cc1cc2c(C(C)(C)C)c(C(=O)N(C)C3CCOc4ccccc43)cnn2c1-c1cc(F)cc(Cl)c1Cl. The summed E-state index contributed by atoms with van der Waals surface area (Å²) < 4.78 is 21.8. The number of ether oxygens (including phenoxy) is 1. The molecule has 2 aromatic heterocycles. The second-order valence-electron chi connectivity index (χ2n) is 10.5. The van der Waals surface area contributed by atoms with Crippen LogP contribution in [0.4, 0.5) is 4.39 Å². The first-order valence-corrected chi connectivity index (χ1v) is 12.9. The highest BCUT2D eigenvalue weighted by Crippen LogP contribution is 2.41. The van der Waals surface area contributed by atoms with Crippen molar-refractivity contribution in [2.45, 2.75) is 45.6 Å². The van der Waals surface area contributed by atoms with Gasteiger partial charge in [-0.2, -0.15) is 5.10 Å². The maximum Gasteiger partial charge on any atom is 0.256 e. The molecular weight excluding hydrogens is 512 g/mol. The topological polar surface area (TPSA) is 46.8 Å². The highest BCUT2D eigenvalue weighted by molar-refractivity contribution is 6.43. The molecule has 0 saturated carbocycles. The van der Waals surface area contributed by atoms with Crippen LogP contribution >= 0.6 is 23.2 Å². The summed E-state index contributed by atoms with van der Waals surface area (Å²) in [5.41, 5.74) is 4.68. The summed E-state index contributed by atoms with van der Waals surface area (Å²) in [4.78, 5) is 15.8. The number of rotatable bonds is 3. The maximum atomic E-state index is 14.3. The number of benzene rings is 2. The van der Waals surface area contributed by atoms with E-state index in [1.165, 1.54) is 12.1 Å². The average Bonchev–Trinajstić information content (AvgIpc) is 3.19. The van der Waals surface area contributed by atoms with Gasteiger partial charge in [0.15, 0.2) is 0 Å². The third-order valence-corrected chi connectivity index (χ3v) is 7.74. The molecule has 1 unspecified atom stereocenters. The average molecular weight is 540 g/mol. The number of aryl methyl sites for hydroxylation is 1. The van der Waals surface area contributed by atoms with Gasteiger partial charge in [0.1, 0.15) is 11.6 Å². The van der Waals surface area contributed by atoms with Gasteiger partial charge in [0, 0.05) is 24.6 Å². The predicted octanol–water partition coefficient (Wildman–Crippen LogP) is 7.65. The number of amides is 1. The largest absolute Gasteiger partial charge is 0.493 e. The molecule has 0 N–H and O–H groups in total. The highest BCUT2D eigenvalue weighted by Gasteiger charge is 2.33. The lowest BCUT2D eigenvalue weighted by molar-refractivity contribution is 0.0683. The number of nitrogens with zero attached hydrogens (tertiary/aromatic N) is 3. The quantitative estimate of drug-likeness (QED) is 0.251. The molecule has 0 bridgehead atoms.